The fraction of sp³-hybridized carbons (Fsp3) is 0.429. The van der Waals surface area contributed by atoms with Crippen molar-refractivity contribution >= 4 is 11.9 Å². The molecule has 1 aliphatic carbocycles. The number of amides is 1. The Balaban J connectivity index is 2.10. The summed E-state index contributed by atoms with van der Waals surface area (Å²) >= 11 is 0. The second kappa shape index (κ2) is 4.80. The second-order valence-electron chi connectivity index (χ2n) is 4.75. The van der Waals surface area contributed by atoms with E-state index in [0.717, 1.165) is 5.56 Å². The van der Waals surface area contributed by atoms with E-state index in [9.17, 15) is 9.59 Å². The largest absolute Gasteiger partial charge is 0.480 e. The molecule has 1 fully saturated rings. The number of carbonyl (C=O) groups is 2. The maximum absolute atomic E-state index is 12.2. The molecule has 96 valence electrons. The lowest BCUT2D eigenvalue weighted by atomic mass is 9.95. The van der Waals surface area contributed by atoms with Gasteiger partial charge < -0.3 is 10.4 Å². The first-order valence-electron chi connectivity index (χ1n) is 6.19. The van der Waals surface area contributed by atoms with E-state index >= 15 is 0 Å². The minimum Gasteiger partial charge on any atom is -0.480 e. The van der Waals surface area contributed by atoms with Crippen LogP contribution in [0.4, 0.5) is 0 Å². The highest BCUT2D eigenvalue weighted by Crippen LogP contribution is 2.36. The fourth-order valence-corrected chi connectivity index (χ4v) is 2.10. The van der Waals surface area contributed by atoms with Crippen molar-refractivity contribution < 1.29 is 14.7 Å². The van der Waals surface area contributed by atoms with Gasteiger partial charge in [0, 0.05) is 0 Å². The van der Waals surface area contributed by atoms with Crippen LogP contribution in [0.25, 0.3) is 0 Å². The van der Waals surface area contributed by atoms with Crippen LogP contribution in [-0.4, -0.2) is 22.5 Å². The van der Waals surface area contributed by atoms with Crippen LogP contribution in [0.5, 0.6) is 0 Å². The van der Waals surface area contributed by atoms with Crippen molar-refractivity contribution in [1.29, 1.82) is 0 Å². The van der Waals surface area contributed by atoms with Gasteiger partial charge in [-0.1, -0.05) is 37.3 Å². The third kappa shape index (κ3) is 2.37. The lowest BCUT2D eigenvalue weighted by Crippen LogP contribution is -2.45. The van der Waals surface area contributed by atoms with Crippen LogP contribution in [0.3, 0.4) is 0 Å². The summed E-state index contributed by atoms with van der Waals surface area (Å²) in [7, 11) is 0. The molecule has 1 aromatic carbocycles. The first kappa shape index (κ1) is 12.6. The van der Waals surface area contributed by atoms with Crippen LogP contribution in [0.1, 0.15) is 37.7 Å². The van der Waals surface area contributed by atoms with E-state index in [4.69, 9.17) is 5.11 Å². The normalized spacial score (nSPS) is 17.8. The standard InChI is InChI=1S/C14H17NO3/c1-2-11(10-6-4-3-5-7-10)12(16)15-14(8-9-14)13(17)18/h3-7,11H,2,8-9H2,1H3,(H,15,16)(H,17,18). The summed E-state index contributed by atoms with van der Waals surface area (Å²) in [5.74, 6) is -1.40. The quantitative estimate of drug-likeness (QED) is 0.835. The highest BCUT2D eigenvalue weighted by molar-refractivity contribution is 5.92. The Morgan fingerprint density at radius 1 is 1.33 bits per heavy atom. The van der Waals surface area contributed by atoms with Crippen LogP contribution < -0.4 is 5.32 Å². The molecule has 1 aromatic rings. The van der Waals surface area contributed by atoms with Gasteiger partial charge in [-0.15, -0.1) is 0 Å². The van der Waals surface area contributed by atoms with Crippen LogP contribution in [0, 0.1) is 0 Å². The Morgan fingerprint density at radius 2 is 1.94 bits per heavy atom. The number of hydrogen-bond donors (Lipinski definition) is 2. The van der Waals surface area contributed by atoms with Gasteiger partial charge in [0.2, 0.25) is 5.91 Å². The van der Waals surface area contributed by atoms with Crippen molar-refractivity contribution in [3.05, 3.63) is 35.9 Å². The monoisotopic (exact) mass is 247 g/mol. The molecule has 0 spiro atoms. The fourth-order valence-electron chi connectivity index (χ4n) is 2.10. The summed E-state index contributed by atoms with van der Waals surface area (Å²) in [6.45, 7) is 1.93. The lowest BCUT2D eigenvalue weighted by molar-refractivity contribution is -0.143. The van der Waals surface area contributed by atoms with Gasteiger partial charge in [0.1, 0.15) is 5.54 Å². The molecule has 0 bridgehead atoms. The lowest BCUT2D eigenvalue weighted by Gasteiger charge is -2.19. The minimum atomic E-state index is -1.00. The van der Waals surface area contributed by atoms with Gasteiger partial charge in [0.15, 0.2) is 0 Å². The van der Waals surface area contributed by atoms with Gasteiger partial charge in [0.05, 0.1) is 5.92 Å². The molecule has 1 atom stereocenters. The number of hydrogen-bond acceptors (Lipinski definition) is 2. The summed E-state index contributed by atoms with van der Waals surface area (Å²) in [6.07, 6.45) is 1.71. The molecule has 0 saturated heterocycles. The molecule has 4 heteroatoms. The van der Waals surface area contributed by atoms with Gasteiger partial charge in [0.25, 0.3) is 0 Å². The number of carboxylic acids is 1. The molecule has 0 aliphatic heterocycles. The number of aliphatic carboxylic acids is 1. The molecule has 18 heavy (non-hydrogen) atoms. The summed E-state index contributed by atoms with van der Waals surface area (Å²) in [5, 5.41) is 11.7. The highest BCUT2D eigenvalue weighted by atomic mass is 16.4. The Kier molecular flexibility index (Phi) is 3.36. The zero-order chi connectivity index (χ0) is 13.2. The average Bonchev–Trinajstić information content (AvgIpc) is 3.12. The smallest absolute Gasteiger partial charge is 0.329 e. The predicted molar refractivity (Wildman–Crippen MR) is 67.2 cm³/mol. The maximum atomic E-state index is 12.2. The van der Waals surface area contributed by atoms with Crippen LogP contribution in [0.15, 0.2) is 30.3 Å². The predicted octanol–water partition coefficient (Wildman–Crippen LogP) is 1.91. The Bertz CT molecular complexity index is 451. The molecular formula is C14H17NO3. The summed E-state index contributed by atoms with van der Waals surface area (Å²) < 4.78 is 0. The molecule has 1 aliphatic rings. The van der Waals surface area contributed by atoms with Crippen LogP contribution in [0.2, 0.25) is 0 Å². The molecule has 0 heterocycles. The van der Waals surface area contributed by atoms with E-state index < -0.39 is 11.5 Å². The van der Waals surface area contributed by atoms with Crippen molar-refractivity contribution in [2.24, 2.45) is 0 Å². The second-order valence-corrected chi connectivity index (χ2v) is 4.75. The summed E-state index contributed by atoms with van der Waals surface area (Å²) in [5.41, 5.74) is -0.0714. The van der Waals surface area contributed by atoms with Gasteiger partial charge in [-0.2, -0.15) is 0 Å². The Morgan fingerprint density at radius 3 is 2.39 bits per heavy atom. The maximum Gasteiger partial charge on any atom is 0.329 e. The zero-order valence-corrected chi connectivity index (χ0v) is 10.3. The highest BCUT2D eigenvalue weighted by Gasteiger charge is 2.52. The van der Waals surface area contributed by atoms with E-state index in [-0.39, 0.29) is 11.8 Å². The summed E-state index contributed by atoms with van der Waals surface area (Å²) in [4.78, 5) is 23.2. The van der Waals surface area contributed by atoms with Crippen molar-refractivity contribution in [1.82, 2.24) is 5.32 Å². The van der Waals surface area contributed by atoms with Crippen LogP contribution in [-0.2, 0) is 9.59 Å². The SMILES string of the molecule is CCC(C(=O)NC1(C(=O)O)CC1)c1ccccc1. The van der Waals surface area contributed by atoms with Gasteiger partial charge in [-0.25, -0.2) is 4.79 Å². The molecule has 0 radical (unpaired) electrons. The molecule has 1 unspecified atom stereocenters. The van der Waals surface area contributed by atoms with E-state index in [1.54, 1.807) is 0 Å². The summed E-state index contributed by atoms with van der Waals surface area (Å²) in [6, 6.07) is 9.46. The molecule has 0 aromatic heterocycles. The topological polar surface area (TPSA) is 66.4 Å². The van der Waals surface area contributed by atoms with Crippen molar-refractivity contribution in [3.8, 4) is 0 Å². The first-order valence-corrected chi connectivity index (χ1v) is 6.19. The molecule has 2 rings (SSSR count). The number of benzene rings is 1. The molecule has 1 saturated carbocycles. The Labute approximate surface area is 106 Å². The third-order valence-electron chi connectivity index (χ3n) is 3.45. The molecule has 1 amide bonds. The minimum absolute atomic E-state index is 0.191. The van der Waals surface area contributed by atoms with Gasteiger partial charge >= 0.3 is 5.97 Å². The van der Waals surface area contributed by atoms with Gasteiger partial charge in [-0.05, 0) is 24.8 Å². The van der Waals surface area contributed by atoms with Crippen LogP contribution >= 0.6 is 0 Å². The number of nitrogens with one attached hydrogen (secondary N) is 1. The van der Waals surface area contributed by atoms with E-state index in [1.165, 1.54) is 0 Å². The third-order valence-corrected chi connectivity index (χ3v) is 3.45. The van der Waals surface area contributed by atoms with Crippen molar-refractivity contribution in [3.63, 3.8) is 0 Å². The van der Waals surface area contributed by atoms with E-state index in [2.05, 4.69) is 5.32 Å². The zero-order valence-electron chi connectivity index (χ0n) is 10.3. The van der Waals surface area contributed by atoms with E-state index in [1.807, 2.05) is 37.3 Å². The molecule has 4 nitrogen and oxygen atoms in total. The first-order chi connectivity index (χ1) is 8.59. The number of rotatable bonds is 5. The Hall–Kier alpha value is -1.84. The van der Waals surface area contributed by atoms with Crippen molar-refractivity contribution in [2.75, 3.05) is 0 Å². The molecule has 2 N–H and O–H groups in total. The number of carboxylic acid groups (broad SMARTS) is 1. The molecular weight excluding hydrogens is 230 g/mol. The van der Waals surface area contributed by atoms with Crippen molar-refractivity contribution in [2.45, 2.75) is 37.6 Å². The van der Waals surface area contributed by atoms with Gasteiger partial charge in [-0.3, -0.25) is 4.79 Å². The number of carbonyl (C=O) groups excluding carboxylic acids is 1. The van der Waals surface area contributed by atoms with E-state index in [0.29, 0.717) is 19.3 Å². The average molecular weight is 247 g/mol.